The fourth-order valence-electron chi connectivity index (χ4n) is 2.68. The molecule has 1 saturated heterocycles. The van der Waals surface area contributed by atoms with Crippen LogP contribution in [-0.2, 0) is 9.59 Å². The Kier molecular flexibility index (Phi) is 5.57. The molecule has 1 aliphatic rings. The van der Waals surface area contributed by atoms with Crippen LogP contribution < -0.4 is 5.32 Å². The van der Waals surface area contributed by atoms with Crippen LogP contribution in [0.4, 0.5) is 0 Å². The minimum Gasteiger partial charge on any atom is -0.340 e. The van der Waals surface area contributed by atoms with Crippen LogP contribution in [0.25, 0.3) is 0 Å². The normalized spacial score (nSPS) is 27.4. The van der Waals surface area contributed by atoms with Crippen LogP contribution in [0.5, 0.6) is 0 Å². The maximum atomic E-state index is 12.7. The summed E-state index contributed by atoms with van der Waals surface area (Å²) in [5, 5.41) is 2.91. The summed E-state index contributed by atoms with van der Waals surface area (Å²) in [5.41, 5.74) is -0.749. The van der Waals surface area contributed by atoms with Crippen molar-refractivity contribution in [2.45, 2.75) is 52.1 Å². The minimum atomic E-state index is -0.749. The van der Waals surface area contributed by atoms with E-state index in [0.29, 0.717) is 13.0 Å². The van der Waals surface area contributed by atoms with Crippen LogP contribution in [-0.4, -0.2) is 60.4 Å². The zero-order valence-electron chi connectivity index (χ0n) is 13.7. The Labute approximate surface area is 122 Å². The summed E-state index contributed by atoms with van der Waals surface area (Å²) in [5.74, 6) is 0.158. The van der Waals surface area contributed by atoms with Crippen LogP contribution in [0.3, 0.4) is 0 Å². The van der Waals surface area contributed by atoms with E-state index in [0.717, 1.165) is 13.0 Å². The number of amides is 2. The quantitative estimate of drug-likeness (QED) is 0.794. The lowest BCUT2D eigenvalue weighted by Gasteiger charge is -2.45. The van der Waals surface area contributed by atoms with Crippen LogP contribution in [0.15, 0.2) is 0 Å². The van der Waals surface area contributed by atoms with Gasteiger partial charge in [0.2, 0.25) is 11.8 Å². The van der Waals surface area contributed by atoms with Gasteiger partial charge >= 0.3 is 0 Å². The molecule has 20 heavy (non-hydrogen) atoms. The van der Waals surface area contributed by atoms with Crippen molar-refractivity contribution >= 4 is 11.8 Å². The fourth-order valence-corrected chi connectivity index (χ4v) is 2.68. The van der Waals surface area contributed by atoms with Gasteiger partial charge in [0.1, 0.15) is 11.6 Å². The molecule has 2 atom stereocenters. The first kappa shape index (κ1) is 17.0. The molecule has 0 aromatic rings. The predicted octanol–water partition coefficient (Wildman–Crippen LogP) is 1.09. The summed E-state index contributed by atoms with van der Waals surface area (Å²) in [6.45, 7) is 9.30. The molecule has 0 spiro atoms. The zero-order chi connectivity index (χ0) is 15.5. The number of rotatable bonds is 6. The smallest absolute Gasteiger partial charge is 0.248 e. The molecule has 0 aromatic heterocycles. The summed E-state index contributed by atoms with van der Waals surface area (Å²) in [7, 11) is 4.03. The second-order valence-electron chi connectivity index (χ2n) is 6.52. The highest BCUT2D eigenvalue weighted by Gasteiger charge is 2.47. The summed E-state index contributed by atoms with van der Waals surface area (Å²) in [4.78, 5) is 28.9. The van der Waals surface area contributed by atoms with Gasteiger partial charge in [-0.2, -0.15) is 0 Å². The van der Waals surface area contributed by atoms with Crippen LogP contribution in [0.1, 0.15) is 40.5 Å². The predicted molar refractivity (Wildman–Crippen MR) is 80.3 cm³/mol. The van der Waals surface area contributed by atoms with E-state index in [2.05, 4.69) is 10.2 Å². The summed E-state index contributed by atoms with van der Waals surface area (Å²) >= 11 is 0. The van der Waals surface area contributed by atoms with Crippen molar-refractivity contribution in [3.8, 4) is 0 Å². The summed E-state index contributed by atoms with van der Waals surface area (Å²) in [6, 6.07) is -0.343. The molecule has 5 heteroatoms. The van der Waals surface area contributed by atoms with Crippen molar-refractivity contribution in [1.82, 2.24) is 15.1 Å². The van der Waals surface area contributed by atoms with E-state index in [1.54, 1.807) is 4.90 Å². The molecular weight excluding hydrogens is 254 g/mol. The van der Waals surface area contributed by atoms with Gasteiger partial charge in [-0.1, -0.05) is 20.8 Å². The Morgan fingerprint density at radius 2 is 1.95 bits per heavy atom. The Balaban J connectivity index is 2.90. The van der Waals surface area contributed by atoms with Gasteiger partial charge < -0.3 is 15.1 Å². The van der Waals surface area contributed by atoms with E-state index in [1.807, 2.05) is 41.8 Å². The molecule has 0 aromatic carbocycles. The van der Waals surface area contributed by atoms with Gasteiger partial charge in [-0.3, -0.25) is 9.59 Å². The first-order valence-electron chi connectivity index (χ1n) is 7.50. The third-order valence-electron chi connectivity index (χ3n) is 4.08. The fraction of sp³-hybridized carbons (Fsp3) is 0.867. The molecule has 0 radical (unpaired) electrons. The second-order valence-corrected chi connectivity index (χ2v) is 6.52. The zero-order valence-corrected chi connectivity index (χ0v) is 13.7. The Morgan fingerprint density at radius 3 is 2.40 bits per heavy atom. The molecule has 116 valence electrons. The SMILES string of the molecule is CCC1(C)NC(=O)C(C(C)C)N(CCCN(C)C)C1=O. The molecule has 2 unspecified atom stereocenters. The number of hydrogen-bond acceptors (Lipinski definition) is 3. The standard InChI is InChI=1S/C15H29N3O2/c1-7-15(4)14(20)18(10-8-9-17(5)6)12(11(2)3)13(19)16-15/h11-12H,7-10H2,1-6H3,(H,16,19). The van der Waals surface area contributed by atoms with E-state index in [-0.39, 0.29) is 23.8 Å². The number of carbonyl (C=O) groups is 2. The van der Waals surface area contributed by atoms with E-state index in [1.165, 1.54) is 0 Å². The third kappa shape index (κ3) is 3.51. The van der Waals surface area contributed by atoms with Crippen molar-refractivity contribution in [3.63, 3.8) is 0 Å². The van der Waals surface area contributed by atoms with Crippen molar-refractivity contribution in [3.05, 3.63) is 0 Å². The van der Waals surface area contributed by atoms with E-state index < -0.39 is 5.54 Å². The lowest BCUT2D eigenvalue weighted by molar-refractivity contribution is -0.156. The largest absolute Gasteiger partial charge is 0.340 e. The van der Waals surface area contributed by atoms with Gasteiger partial charge in [-0.15, -0.1) is 0 Å². The number of hydrogen-bond donors (Lipinski definition) is 1. The molecule has 1 N–H and O–H groups in total. The van der Waals surface area contributed by atoms with E-state index in [4.69, 9.17) is 0 Å². The van der Waals surface area contributed by atoms with Gasteiger partial charge in [-0.25, -0.2) is 0 Å². The number of piperazine rings is 1. The Bertz CT molecular complexity index is 368. The van der Waals surface area contributed by atoms with Crippen molar-refractivity contribution < 1.29 is 9.59 Å². The molecule has 2 amide bonds. The van der Waals surface area contributed by atoms with Crippen molar-refractivity contribution in [1.29, 1.82) is 0 Å². The van der Waals surface area contributed by atoms with Gasteiger partial charge in [0.25, 0.3) is 0 Å². The summed E-state index contributed by atoms with van der Waals surface area (Å²) in [6.07, 6.45) is 1.50. The molecule has 5 nitrogen and oxygen atoms in total. The molecule has 0 aliphatic carbocycles. The van der Waals surface area contributed by atoms with E-state index >= 15 is 0 Å². The molecule has 1 fully saturated rings. The third-order valence-corrected chi connectivity index (χ3v) is 4.08. The molecular formula is C15H29N3O2. The highest BCUT2D eigenvalue weighted by molar-refractivity contribution is 5.99. The molecule has 1 rings (SSSR count). The van der Waals surface area contributed by atoms with Gasteiger partial charge in [0.15, 0.2) is 0 Å². The number of nitrogens with one attached hydrogen (secondary N) is 1. The highest BCUT2D eigenvalue weighted by Crippen LogP contribution is 2.25. The number of carbonyl (C=O) groups excluding carboxylic acids is 2. The van der Waals surface area contributed by atoms with Crippen molar-refractivity contribution in [2.75, 3.05) is 27.2 Å². The average molecular weight is 283 g/mol. The van der Waals surface area contributed by atoms with Crippen LogP contribution in [0, 0.1) is 5.92 Å². The van der Waals surface area contributed by atoms with Gasteiger partial charge in [0, 0.05) is 6.54 Å². The van der Waals surface area contributed by atoms with Crippen molar-refractivity contribution in [2.24, 2.45) is 5.92 Å². The maximum Gasteiger partial charge on any atom is 0.248 e. The van der Waals surface area contributed by atoms with Crippen LogP contribution >= 0.6 is 0 Å². The average Bonchev–Trinajstić information content (AvgIpc) is 2.34. The Morgan fingerprint density at radius 1 is 1.35 bits per heavy atom. The second kappa shape index (κ2) is 6.57. The summed E-state index contributed by atoms with van der Waals surface area (Å²) < 4.78 is 0. The first-order chi connectivity index (χ1) is 9.23. The van der Waals surface area contributed by atoms with Gasteiger partial charge in [0.05, 0.1) is 0 Å². The lowest BCUT2D eigenvalue weighted by Crippen LogP contribution is -2.70. The Hall–Kier alpha value is -1.10. The first-order valence-corrected chi connectivity index (χ1v) is 7.50. The monoisotopic (exact) mass is 283 g/mol. The number of nitrogens with zero attached hydrogens (tertiary/aromatic N) is 2. The molecule has 0 saturated carbocycles. The molecule has 1 aliphatic heterocycles. The maximum absolute atomic E-state index is 12.7. The molecule has 1 heterocycles. The minimum absolute atomic E-state index is 0.0196. The van der Waals surface area contributed by atoms with Gasteiger partial charge in [-0.05, 0) is 46.3 Å². The lowest BCUT2D eigenvalue weighted by atomic mass is 9.88. The highest BCUT2D eigenvalue weighted by atomic mass is 16.2. The van der Waals surface area contributed by atoms with Crippen LogP contribution in [0.2, 0.25) is 0 Å². The van der Waals surface area contributed by atoms with E-state index in [9.17, 15) is 9.59 Å². The topological polar surface area (TPSA) is 52.7 Å². The molecule has 0 bridgehead atoms.